The molecule has 3 aromatic rings. The van der Waals surface area contributed by atoms with Gasteiger partial charge >= 0.3 is 0 Å². The molecule has 0 saturated carbocycles. The van der Waals surface area contributed by atoms with E-state index in [9.17, 15) is 4.79 Å². The van der Waals surface area contributed by atoms with Crippen molar-refractivity contribution in [1.29, 1.82) is 0 Å². The van der Waals surface area contributed by atoms with E-state index in [0.29, 0.717) is 17.3 Å². The van der Waals surface area contributed by atoms with Gasteiger partial charge in [-0.05, 0) is 24.6 Å². The number of halogens is 1. The maximum absolute atomic E-state index is 12.1. The van der Waals surface area contributed by atoms with Crippen LogP contribution in [0.2, 0.25) is 5.02 Å². The summed E-state index contributed by atoms with van der Waals surface area (Å²) in [5.41, 5.74) is 3.59. The third-order valence-corrected chi connectivity index (χ3v) is 3.66. The maximum atomic E-state index is 12.1. The number of rotatable bonds is 4. The Morgan fingerprint density at radius 2 is 1.96 bits per heavy atom. The van der Waals surface area contributed by atoms with Crippen LogP contribution in [-0.4, -0.2) is 11.1 Å². The highest BCUT2D eigenvalue weighted by atomic mass is 35.5. The standard InChI is InChI=1S/C18H15ClN2O2/c1-12-5-7-13(8-6-12)11-20-18(22)17-10-16(21-23-17)14-3-2-4-15(19)9-14/h2-10H,11H2,1H3,(H,20,22). The van der Waals surface area contributed by atoms with Crippen LogP contribution in [0.15, 0.2) is 59.1 Å². The zero-order valence-electron chi connectivity index (χ0n) is 12.5. The Kier molecular flexibility index (Phi) is 4.44. The number of aromatic nitrogens is 1. The molecule has 0 spiro atoms. The first-order chi connectivity index (χ1) is 11.1. The molecule has 0 bridgehead atoms. The van der Waals surface area contributed by atoms with Crippen molar-refractivity contribution in [3.63, 3.8) is 0 Å². The molecule has 0 atom stereocenters. The Hall–Kier alpha value is -2.59. The third-order valence-electron chi connectivity index (χ3n) is 3.43. The van der Waals surface area contributed by atoms with Crippen LogP contribution in [0.25, 0.3) is 11.3 Å². The molecule has 2 aromatic carbocycles. The number of carbonyl (C=O) groups excluding carboxylic acids is 1. The van der Waals surface area contributed by atoms with Crippen molar-refractivity contribution in [3.05, 3.63) is 76.5 Å². The molecule has 116 valence electrons. The quantitative estimate of drug-likeness (QED) is 0.780. The van der Waals surface area contributed by atoms with E-state index in [1.807, 2.05) is 43.3 Å². The largest absolute Gasteiger partial charge is 0.350 e. The molecule has 0 aliphatic rings. The average molecular weight is 327 g/mol. The number of aryl methyl sites for hydroxylation is 1. The van der Waals surface area contributed by atoms with Crippen molar-refractivity contribution in [1.82, 2.24) is 10.5 Å². The van der Waals surface area contributed by atoms with E-state index in [0.717, 1.165) is 11.1 Å². The third kappa shape index (κ3) is 3.79. The van der Waals surface area contributed by atoms with Gasteiger partial charge in [0.1, 0.15) is 5.69 Å². The van der Waals surface area contributed by atoms with Gasteiger partial charge < -0.3 is 9.84 Å². The number of carbonyl (C=O) groups is 1. The zero-order valence-corrected chi connectivity index (χ0v) is 13.3. The number of nitrogens with zero attached hydrogens (tertiary/aromatic N) is 1. The second-order valence-electron chi connectivity index (χ2n) is 5.26. The van der Waals surface area contributed by atoms with Crippen molar-refractivity contribution in [2.75, 3.05) is 0 Å². The summed E-state index contributed by atoms with van der Waals surface area (Å²) in [5, 5.41) is 7.34. The number of hydrogen-bond donors (Lipinski definition) is 1. The molecule has 0 aliphatic carbocycles. The molecule has 1 N–H and O–H groups in total. The predicted octanol–water partition coefficient (Wildman–Crippen LogP) is 4.23. The molecule has 1 amide bonds. The number of nitrogens with one attached hydrogen (secondary N) is 1. The predicted molar refractivity (Wildman–Crippen MR) is 89.3 cm³/mol. The van der Waals surface area contributed by atoms with E-state index < -0.39 is 0 Å². The molecule has 1 heterocycles. The van der Waals surface area contributed by atoms with E-state index in [1.54, 1.807) is 18.2 Å². The summed E-state index contributed by atoms with van der Waals surface area (Å²) in [6, 6.07) is 16.8. The van der Waals surface area contributed by atoms with Crippen LogP contribution in [0.4, 0.5) is 0 Å². The molecule has 0 fully saturated rings. The first kappa shape index (κ1) is 15.3. The first-order valence-corrected chi connectivity index (χ1v) is 7.56. The first-order valence-electron chi connectivity index (χ1n) is 7.18. The minimum Gasteiger partial charge on any atom is -0.350 e. The topological polar surface area (TPSA) is 55.1 Å². The highest BCUT2D eigenvalue weighted by Crippen LogP contribution is 2.22. The Labute approximate surface area is 139 Å². The summed E-state index contributed by atoms with van der Waals surface area (Å²) in [4.78, 5) is 12.1. The van der Waals surface area contributed by atoms with Gasteiger partial charge in [0.25, 0.3) is 5.91 Å². The molecule has 1 aromatic heterocycles. The summed E-state index contributed by atoms with van der Waals surface area (Å²) in [6.45, 7) is 2.46. The smallest absolute Gasteiger partial charge is 0.290 e. The van der Waals surface area contributed by atoms with Gasteiger partial charge in [-0.25, -0.2) is 0 Å². The monoisotopic (exact) mass is 326 g/mol. The van der Waals surface area contributed by atoms with Crippen molar-refractivity contribution in [2.45, 2.75) is 13.5 Å². The van der Waals surface area contributed by atoms with E-state index >= 15 is 0 Å². The molecular formula is C18H15ClN2O2. The summed E-state index contributed by atoms with van der Waals surface area (Å²) in [6.07, 6.45) is 0. The summed E-state index contributed by atoms with van der Waals surface area (Å²) in [5.74, 6) is -0.126. The Balaban J connectivity index is 1.67. The second-order valence-corrected chi connectivity index (χ2v) is 5.69. The SMILES string of the molecule is Cc1ccc(CNC(=O)c2cc(-c3cccc(Cl)c3)no2)cc1. The minimum atomic E-state index is -0.300. The molecule has 3 rings (SSSR count). The summed E-state index contributed by atoms with van der Waals surface area (Å²) < 4.78 is 5.12. The molecule has 0 unspecified atom stereocenters. The van der Waals surface area contributed by atoms with Gasteiger partial charge in [-0.3, -0.25) is 4.79 Å². The van der Waals surface area contributed by atoms with Crippen molar-refractivity contribution < 1.29 is 9.32 Å². The van der Waals surface area contributed by atoms with Crippen LogP contribution in [0.1, 0.15) is 21.7 Å². The molecule has 0 aliphatic heterocycles. The van der Waals surface area contributed by atoms with Crippen LogP contribution in [0.5, 0.6) is 0 Å². The zero-order chi connectivity index (χ0) is 16.2. The fraction of sp³-hybridized carbons (Fsp3) is 0.111. The van der Waals surface area contributed by atoms with Gasteiger partial charge in [0.05, 0.1) is 0 Å². The van der Waals surface area contributed by atoms with Crippen LogP contribution in [-0.2, 0) is 6.54 Å². The van der Waals surface area contributed by atoms with E-state index in [2.05, 4.69) is 10.5 Å². The van der Waals surface area contributed by atoms with Gasteiger partial charge in [-0.2, -0.15) is 0 Å². The highest BCUT2D eigenvalue weighted by molar-refractivity contribution is 6.30. The number of amides is 1. The van der Waals surface area contributed by atoms with Gasteiger partial charge in [-0.1, -0.05) is 58.7 Å². The summed E-state index contributed by atoms with van der Waals surface area (Å²) >= 11 is 5.96. The molecule has 23 heavy (non-hydrogen) atoms. The summed E-state index contributed by atoms with van der Waals surface area (Å²) in [7, 11) is 0. The number of hydrogen-bond acceptors (Lipinski definition) is 3. The van der Waals surface area contributed by atoms with Gasteiger partial charge in [-0.15, -0.1) is 0 Å². The Bertz CT molecular complexity index is 825. The molecule has 0 radical (unpaired) electrons. The fourth-order valence-electron chi connectivity index (χ4n) is 2.14. The lowest BCUT2D eigenvalue weighted by Crippen LogP contribution is -2.22. The number of benzene rings is 2. The second kappa shape index (κ2) is 6.67. The molecular weight excluding hydrogens is 312 g/mol. The molecule has 4 nitrogen and oxygen atoms in total. The normalized spacial score (nSPS) is 10.5. The molecule has 0 saturated heterocycles. The van der Waals surface area contributed by atoms with Crippen LogP contribution >= 0.6 is 11.6 Å². The van der Waals surface area contributed by atoms with Gasteiger partial charge in [0.2, 0.25) is 5.76 Å². The Morgan fingerprint density at radius 1 is 1.17 bits per heavy atom. The average Bonchev–Trinajstić information content (AvgIpc) is 3.04. The van der Waals surface area contributed by atoms with Gasteiger partial charge in [0, 0.05) is 23.2 Å². The lowest BCUT2D eigenvalue weighted by molar-refractivity contribution is 0.0914. The van der Waals surface area contributed by atoms with E-state index in [-0.39, 0.29) is 11.7 Å². The highest BCUT2D eigenvalue weighted by Gasteiger charge is 2.14. The van der Waals surface area contributed by atoms with Gasteiger partial charge in [0.15, 0.2) is 0 Å². The maximum Gasteiger partial charge on any atom is 0.290 e. The van der Waals surface area contributed by atoms with Crippen LogP contribution in [0, 0.1) is 6.92 Å². The van der Waals surface area contributed by atoms with E-state index in [1.165, 1.54) is 5.56 Å². The van der Waals surface area contributed by atoms with Crippen LogP contribution in [0.3, 0.4) is 0 Å². The molecule has 5 heteroatoms. The Morgan fingerprint density at radius 3 is 2.70 bits per heavy atom. The van der Waals surface area contributed by atoms with Crippen molar-refractivity contribution in [2.24, 2.45) is 0 Å². The lowest BCUT2D eigenvalue weighted by atomic mass is 10.1. The van der Waals surface area contributed by atoms with E-state index in [4.69, 9.17) is 16.1 Å². The minimum absolute atomic E-state index is 0.173. The van der Waals surface area contributed by atoms with Crippen molar-refractivity contribution >= 4 is 17.5 Å². The lowest BCUT2D eigenvalue weighted by Gasteiger charge is -2.03. The van der Waals surface area contributed by atoms with Crippen molar-refractivity contribution in [3.8, 4) is 11.3 Å². The fourth-order valence-corrected chi connectivity index (χ4v) is 2.33. The van der Waals surface area contributed by atoms with Crippen LogP contribution < -0.4 is 5.32 Å².